The van der Waals surface area contributed by atoms with Crippen LogP contribution in [0, 0.1) is 0 Å². The van der Waals surface area contributed by atoms with E-state index in [1.54, 1.807) is 18.5 Å². The van der Waals surface area contributed by atoms with Gasteiger partial charge in [-0.2, -0.15) is 0 Å². The van der Waals surface area contributed by atoms with Crippen LogP contribution in [0.3, 0.4) is 0 Å². The van der Waals surface area contributed by atoms with Crippen LogP contribution in [0.2, 0.25) is 0 Å². The fraction of sp³-hybridized carbons (Fsp3) is 0. The molecule has 1 aromatic heterocycles. The molecule has 2 heteroatoms. The second-order valence-electron chi connectivity index (χ2n) is 1.48. The van der Waals surface area contributed by atoms with Crippen LogP contribution >= 0.6 is 0 Å². The molecule has 0 fully saturated rings. The van der Waals surface area contributed by atoms with E-state index in [0.717, 1.165) is 5.56 Å². The zero-order chi connectivity index (χ0) is 5.82. The predicted octanol–water partition coefficient (Wildman–Crippen LogP) is 1.72. The second kappa shape index (κ2) is 4.30. The summed E-state index contributed by atoms with van der Waals surface area (Å²) in [6.45, 7) is 3.60. The Bertz CT molecular complexity index is 172. The molecule has 1 aromatic rings. The standard InChI is InChI=1S/C7H7N.Fe/c1-2-7-3-5-8-6-4-7;/h2-6H,1H2;. The molecule has 0 radical (unpaired) electrons. The normalized spacial score (nSPS) is 7.56. The molecule has 9 heavy (non-hydrogen) atoms. The third-order valence-electron chi connectivity index (χ3n) is 0.942. The molecular weight excluding hydrogens is 154 g/mol. The van der Waals surface area contributed by atoms with E-state index < -0.39 is 0 Å². The Kier molecular flexibility index (Phi) is 4.02. The van der Waals surface area contributed by atoms with Gasteiger partial charge in [0.25, 0.3) is 0 Å². The third-order valence-corrected chi connectivity index (χ3v) is 0.942. The maximum absolute atomic E-state index is 3.85. The molecule has 0 amide bonds. The van der Waals surface area contributed by atoms with Crippen molar-refractivity contribution < 1.29 is 17.1 Å². The van der Waals surface area contributed by atoms with Crippen molar-refractivity contribution in [3.8, 4) is 0 Å². The van der Waals surface area contributed by atoms with E-state index >= 15 is 0 Å². The van der Waals surface area contributed by atoms with Gasteiger partial charge in [-0.1, -0.05) is 12.7 Å². The molecule has 1 heterocycles. The largest absolute Gasteiger partial charge is 0.265 e. The summed E-state index contributed by atoms with van der Waals surface area (Å²) in [5.74, 6) is 0. The minimum Gasteiger partial charge on any atom is -0.265 e. The number of pyridine rings is 1. The summed E-state index contributed by atoms with van der Waals surface area (Å²) < 4.78 is 0. The molecule has 1 rings (SSSR count). The van der Waals surface area contributed by atoms with E-state index in [-0.39, 0.29) is 17.1 Å². The van der Waals surface area contributed by atoms with E-state index in [0.29, 0.717) is 0 Å². The molecule has 0 N–H and O–H groups in total. The van der Waals surface area contributed by atoms with Crippen molar-refractivity contribution in [3.05, 3.63) is 36.7 Å². The Balaban J connectivity index is 0.000000640. The average Bonchev–Trinajstić information content (AvgIpc) is 1.90. The number of nitrogens with zero attached hydrogens (tertiary/aromatic N) is 1. The van der Waals surface area contributed by atoms with Gasteiger partial charge < -0.3 is 0 Å². The number of hydrogen-bond donors (Lipinski definition) is 0. The van der Waals surface area contributed by atoms with Crippen molar-refractivity contribution >= 4 is 6.08 Å². The molecule has 0 saturated heterocycles. The van der Waals surface area contributed by atoms with E-state index in [1.165, 1.54) is 0 Å². The molecular formula is C7H7FeN. The van der Waals surface area contributed by atoms with Crippen LogP contribution in [0.15, 0.2) is 31.1 Å². The number of hydrogen-bond acceptors (Lipinski definition) is 1. The van der Waals surface area contributed by atoms with Crippen molar-refractivity contribution in [2.24, 2.45) is 0 Å². The van der Waals surface area contributed by atoms with Gasteiger partial charge in [-0.3, -0.25) is 4.98 Å². The molecule has 0 aromatic carbocycles. The average molecular weight is 161 g/mol. The van der Waals surface area contributed by atoms with Crippen LogP contribution in [0.1, 0.15) is 5.56 Å². The van der Waals surface area contributed by atoms with Crippen LogP contribution in [0.5, 0.6) is 0 Å². The van der Waals surface area contributed by atoms with Gasteiger partial charge in [-0.25, -0.2) is 0 Å². The fourth-order valence-corrected chi connectivity index (χ4v) is 0.500. The fourth-order valence-electron chi connectivity index (χ4n) is 0.500. The van der Waals surface area contributed by atoms with Gasteiger partial charge in [-0.15, -0.1) is 0 Å². The van der Waals surface area contributed by atoms with Crippen molar-refractivity contribution in [2.75, 3.05) is 0 Å². The first kappa shape index (κ1) is 8.41. The van der Waals surface area contributed by atoms with Gasteiger partial charge in [0, 0.05) is 29.5 Å². The zero-order valence-electron chi connectivity index (χ0n) is 4.89. The number of rotatable bonds is 1. The Hall–Kier alpha value is -0.591. The predicted molar refractivity (Wildman–Crippen MR) is 34.3 cm³/mol. The topological polar surface area (TPSA) is 12.9 Å². The SMILES string of the molecule is C=Cc1ccncc1.[Fe]. The summed E-state index contributed by atoms with van der Waals surface area (Å²) in [6, 6.07) is 3.82. The Morgan fingerprint density at radius 1 is 1.33 bits per heavy atom. The molecule has 0 bridgehead atoms. The molecule has 0 aliphatic heterocycles. The Morgan fingerprint density at radius 2 is 1.89 bits per heavy atom. The summed E-state index contributed by atoms with van der Waals surface area (Å²) in [4.78, 5) is 3.85. The maximum atomic E-state index is 3.85. The van der Waals surface area contributed by atoms with Crippen molar-refractivity contribution in [1.82, 2.24) is 4.98 Å². The van der Waals surface area contributed by atoms with E-state index in [4.69, 9.17) is 0 Å². The van der Waals surface area contributed by atoms with Crippen molar-refractivity contribution in [1.29, 1.82) is 0 Å². The zero-order valence-corrected chi connectivity index (χ0v) is 6.00. The van der Waals surface area contributed by atoms with Crippen LogP contribution in [-0.2, 0) is 17.1 Å². The number of aromatic nitrogens is 1. The Labute approximate surface area is 65.3 Å². The molecule has 1 nitrogen and oxygen atoms in total. The summed E-state index contributed by atoms with van der Waals surface area (Å²) in [5, 5.41) is 0. The quantitative estimate of drug-likeness (QED) is 0.571. The maximum Gasteiger partial charge on any atom is 0.0273 e. The van der Waals surface area contributed by atoms with Crippen LogP contribution in [-0.4, -0.2) is 4.98 Å². The summed E-state index contributed by atoms with van der Waals surface area (Å²) in [7, 11) is 0. The van der Waals surface area contributed by atoms with Crippen LogP contribution in [0.25, 0.3) is 6.08 Å². The van der Waals surface area contributed by atoms with E-state index in [1.807, 2.05) is 12.1 Å². The third kappa shape index (κ3) is 2.45. The summed E-state index contributed by atoms with van der Waals surface area (Å²) in [5.41, 5.74) is 1.11. The summed E-state index contributed by atoms with van der Waals surface area (Å²) >= 11 is 0. The van der Waals surface area contributed by atoms with E-state index in [9.17, 15) is 0 Å². The minimum absolute atomic E-state index is 0. The molecule has 0 aliphatic carbocycles. The molecule has 0 unspecified atom stereocenters. The first-order valence-corrected chi connectivity index (χ1v) is 2.46. The van der Waals surface area contributed by atoms with Gasteiger partial charge in [0.15, 0.2) is 0 Å². The van der Waals surface area contributed by atoms with Crippen molar-refractivity contribution in [2.45, 2.75) is 0 Å². The first-order chi connectivity index (χ1) is 3.93. The minimum atomic E-state index is 0. The van der Waals surface area contributed by atoms with Gasteiger partial charge in [0.1, 0.15) is 0 Å². The van der Waals surface area contributed by atoms with Crippen molar-refractivity contribution in [3.63, 3.8) is 0 Å². The van der Waals surface area contributed by atoms with Crippen LogP contribution in [0.4, 0.5) is 0 Å². The van der Waals surface area contributed by atoms with Crippen LogP contribution < -0.4 is 0 Å². The first-order valence-electron chi connectivity index (χ1n) is 2.46. The molecule has 0 spiro atoms. The summed E-state index contributed by atoms with van der Waals surface area (Å²) in [6.07, 6.45) is 5.29. The molecule has 48 valence electrons. The molecule has 0 saturated carbocycles. The van der Waals surface area contributed by atoms with Gasteiger partial charge in [-0.05, 0) is 17.7 Å². The second-order valence-corrected chi connectivity index (χ2v) is 1.48. The molecule has 0 atom stereocenters. The van der Waals surface area contributed by atoms with Gasteiger partial charge in [0.05, 0.1) is 0 Å². The van der Waals surface area contributed by atoms with Gasteiger partial charge in [0.2, 0.25) is 0 Å². The van der Waals surface area contributed by atoms with Gasteiger partial charge >= 0.3 is 0 Å². The van der Waals surface area contributed by atoms with E-state index in [2.05, 4.69) is 11.6 Å². The molecule has 0 aliphatic rings. The smallest absolute Gasteiger partial charge is 0.0273 e. The monoisotopic (exact) mass is 161 g/mol. The Morgan fingerprint density at radius 3 is 2.22 bits per heavy atom.